The molecule has 0 fully saturated rings. The number of nitrogens with zero attached hydrogens (tertiary/aromatic N) is 2. The molecule has 34 heavy (non-hydrogen) atoms. The van der Waals surface area contributed by atoms with E-state index < -0.39 is 0 Å². The standard InChI is InChI=1S/C26H26ClN3O4/c1-29(15-25(31)28-20-14-19(27)12-13-23(20)33-2)16-26(32)30-21-10-6-7-11-24(21)34-17-22(30)18-8-4-3-5-9-18/h3-14,22H,15-17H2,1-2H3,(H,28,31). The molecule has 1 aliphatic rings. The summed E-state index contributed by atoms with van der Waals surface area (Å²) >= 11 is 6.05. The molecular formula is C26H26ClN3O4. The quantitative estimate of drug-likeness (QED) is 0.544. The highest BCUT2D eigenvalue weighted by Crippen LogP contribution is 2.39. The van der Waals surface area contributed by atoms with E-state index in [2.05, 4.69) is 5.32 Å². The molecular weight excluding hydrogens is 454 g/mol. The average Bonchev–Trinajstić information content (AvgIpc) is 2.83. The molecule has 1 N–H and O–H groups in total. The number of nitrogens with one attached hydrogen (secondary N) is 1. The topological polar surface area (TPSA) is 71.1 Å². The van der Waals surface area contributed by atoms with Gasteiger partial charge in [0.1, 0.15) is 18.1 Å². The minimum absolute atomic E-state index is 0.0173. The van der Waals surface area contributed by atoms with Gasteiger partial charge < -0.3 is 14.8 Å². The van der Waals surface area contributed by atoms with Crippen molar-refractivity contribution in [1.82, 2.24) is 4.90 Å². The molecule has 0 aromatic heterocycles. The SMILES string of the molecule is COc1ccc(Cl)cc1NC(=O)CN(C)CC(=O)N1c2ccccc2OCC1c1ccccc1. The Kier molecular flexibility index (Phi) is 7.35. The summed E-state index contributed by atoms with van der Waals surface area (Å²) in [6.07, 6.45) is 0. The molecule has 1 heterocycles. The number of fused-ring (bicyclic) bond motifs is 1. The van der Waals surface area contributed by atoms with Crippen LogP contribution in [0.15, 0.2) is 72.8 Å². The number of methoxy groups -OCH3 is 1. The van der Waals surface area contributed by atoms with Gasteiger partial charge in [0.25, 0.3) is 0 Å². The molecule has 2 amide bonds. The zero-order valence-corrected chi connectivity index (χ0v) is 19.8. The van der Waals surface area contributed by atoms with Gasteiger partial charge >= 0.3 is 0 Å². The Balaban J connectivity index is 1.48. The van der Waals surface area contributed by atoms with E-state index in [1.165, 1.54) is 7.11 Å². The smallest absolute Gasteiger partial charge is 0.241 e. The Bertz CT molecular complexity index is 1170. The van der Waals surface area contributed by atoms with E-state index in [0.717, 1.165) is 5.56 Å². The molecule has 1 unspecified atom stereocenters. The van der Waals surface area contributed by atoms with Crippen molar-refractivity contribution >= 4 is 34.8 Å². The summed E-state index contributed by atoms with van der Waals surface area (Å²) in [6.45, 7) is 0.423. The second-order valence-corrected chi connectivity index (χ2v) is 8.47. The molecule has 1 aliphatic heterocycles. The summed E-state index contributed by atoms with van der Waals surface area (Å²) in [5.41, 5.74) is 2.18. The van der Waals surface area contributed by atoms with Crippen LogP contribution < -0.4 is 19.7 Å². The third-order valence-electron chi connectivity index (χ3n) is 5.54. The first-order valence-electron chi connectivity index (χ1n) is 10.9. The summed E-state index contributed by atoms with van der Waals surface area (Å²) in [5, 5.41) is 3.29. The zero-order valence-electron chi connectivity index (χ0n) is 19.0. The molecule has 176 valence electrons. The molecule has 0 spiro atoms. The van der Waals surface area contributed by atoms with Gasteiger partial charge in [0, 0.05) is 5.02 Å². The predicted octanol–water partition coefficient (Wildman–Crippen LogP) is 4.39. The minimum atomic E-state index is -0.280. The van der Waals surface area contributed by atoms with Crippen LogP contribution in [-0.2, 0) is 9.59 Å². The molecule has 4 rings (SSSR count). The van der Waals surface area contributed by atoms with Gasteiger partial charge in [0.05, 0.1) is 37.6 Å². The van der Waals surface area contributed by atoms with Gasteiger partial charge in [-0.1, -0.05) is 54.1 Å². The number of hydrogen-bond acceptors (Lipinski definition) is 5. The molecule has 0 aliphatic carbocycles. The van der Waals surface area contributed by atoms with Crippen molar-refractivity contribution in [1.29, 1.82) is 0 Å². The van der Waals surface area contributed by atoms with Crippen molar-refractivity contribution in [2.45, 2.75) is 6.04 Å². The summed E-state index contributed by atoms with van der Waals surface area (Å²) in [6, 6.07) is 22.0. The molecule has 3 aromatic carbocycles. The highest BCUT2D eigenvalue weighted by atomic mass is 35.5. The van der Waals surface area contributed by atoms with Gasteiger partial charge in [-0.15, -0.1) is 0 Å². The van der Waals surface area contributed by atoms with Crippen LogP contribution in [0, 0.1) is 0 Å². The number of hydrogen-bond donors (Lipinski definition) is 1. The molecule has 8 heteroatoms. The van der Waals surface area contributed by atoms with Crippen molar-refractivity contribution < 1.29 is 19.1 Å². The first-order chi connectivity index (χ1) is 16.5. The first kappa shape index (κ1) is 23.6. The molecule has 3 aromatic rings. The third-order valence-corrected chi connectivity index (χ3v) is 5.78. The maximum absolute atomic E-state index is 13.5. The lowest BCUT2D eigenvalue weighted by molar-refractivity contribution is -0.121. The van der Waals surface area contributed by atoms with Crippen LogP contribution in [0.5, 0.6) is 11.5 Å². The Morgan fingerprint density at radius 2 is 1.82 bits per heavy atom. The van der Waals surface area contributed by atoms with Crippen LogP contribution in [-0.4, -0.2) is 50.6 Å². The van der Waals surface area contributed by atoms with Gasteiger partial charge in [0.2, 0.25) is 11.8 Å². The third kappa shape index (κ3) is 5.32. The van der Waals surface area contributed by atoms with Crippen molar-refractivity contribution in [2.75, 3.05) is 44.1 Å². The van der Waals surface area contributed by atoms with E-state index in [1.54, 1.807) is 35.0 Å². The van der Waals surface area contributed by atoms with Gasteiger partial charge in [-0.05, 0) is 42.9 Å². The maximum atomic E-state index is 13.5. The molecule has 0 saturated carbocycles. The van der Waals surface area contributed by atoms with Crippen molar-refractivity contribution in [3.8, 4) is 11.5 Å². The van der Waals surface area contributed by atoms with Crippen LogP contribution in [0.25, 0.3) is 0 Å². The fourth-order valence-corrected chi connectivity index (χ4v) is 4.17. The van der Waals surface area contributed by atoms with Gasteiger partial charge in [0.15, 0.2) is 0 Å². The Morgan fingerprint density at radius 1 is 1.09 bits per heavy atom. The molecule has 1 atom stereocenters. The normalized spacial score (nSPS) is 14.8. The number of likely N-dealkylation sites (N-methyl/N-ethyl adjacent to an activating group) is 1. The van der Waals surface area contributed by atoms with E-state index in [1.807, 2.05) is 54.6 Å². The van der Waals surface area contributed by atoms with E-state index in [9.17, 15) is 9.59 Å². The van der Waals surface area contributed by atoms with E-state index in [-0.39, 0.29) is 30.9 Å². The van der Waals surface area contributed by atoms with Crippen molar-refractivity contribution in [3.05, 3.63) is 83.4 Å². The van der Waals surface area contributed by atoms with Crippen LogP contribution >= 0.6 is 11.6 Å². The number of halogens is 1. The number of amides is 2. The first-order valence-corrected chi connectivity index (χ1v) is 11.2. The van der Waals surface area contributed by atoms with E-state index in [0.29, 0.717) is 34.5 Å². The summed E-state index contributed by atoms with van der Waals surface area (Å²) in [5.74, 6) is 0.765. The van der Waals surface area contributed by atoms with Gasteiger partial charge in [-0.3, -0.25) is 19.4 Å². The second kappa shape index (κ2) is 10.6. The fraction of sp³-hybridized carbons (Fsp3) is 0.231. The summed E-state index contributed by atoms with van der Waals surface area (Å²) in [7, 11) is 3.25. The molecule has 0 radical (unpaired) electrons. The number of ether oxygens (including phenoxy) is 2. The molecule has 0 saturated heterocycles. The largest absolute Gasteiger partial charge is 0.495 e. The molecule has 0 bridgehead atoms. The lowest BCUT2D eigenvalue weighted by atomic mass is 10.0. The summed E-state index contributed by atoms with van der Waals surface area (Å²) < 4.78 is 11.2. The highest BCUT2D eigenvalue weighted by Gasteiger charge is 2.33. The van der Waals surface area contributed by atoms with Crippen LogP contribution in [0.1, 0.15) is 11.6 Å². The lowest BCUT2D eigenvalue weighted by Crippen LogP contribution is -2.46. The second-order valence-electron chi connectivity index (χ2n) is 8.03. The van der Waals surface area contributed by atoms with Crippen molar-refractivity contribution in [2.24, 2.45) is 0 Å². The van der Waals surface area contributed by atoms with Crippen molar-refractivity contribution in [3.63, 3.8) is 0 Å². The number of rotatable bonds is 7. The molecule has 7 nitrogen and oxygen atoms in total. The number of para-hydroxylation sites is 2. The monoisotopic (exact) mass is 479 g/mol. The summed E-state index contributed by atoms with van der Waals surface area (Å²) in [4.78, 5) is 29.6. The average molecular weight is 480 g/mol. The van der Waals surface area contributed by atoms with Crippen LogP contribution in [0.3, 0.4) is 0 Å². The van der Waals surface area contributed by atoms with E-state index >= 15 is 0 Å². The number of benzene rings is 3. The number of carbonyl (C=O) groups is 2. The predicted molar refractivity (Wildman–Crippen MR) is 133 cm³/mol. The van der Waals surface area contributed by atoms with E-state index in [4.69, 9.17) is 21.1 Å². The maximum Gasteiger partial charge on any atom is 0.241 e. The number of carbonyl (C=O) groups excluding carboxylic acids is 2. The Labute approximate surface area is 203 Å². The van der Waals surface area contributed by atoms with Gasteiger partial charge in [-0.2, -0.15) is 0 Å². The van der Waals surface area contributed by atoms with Crippen LogP contribution in [0.4, 0.5) is 11.4 Å². The fourth-order valence-electron chi connectivity index (χ4n) is 3.99. The highest BCUT2D eigenvalue weighted by molar-refractivity contribution is 6.31. The zero-order chi connectivity index (χ0) is 24.1. The number of anilines is 2. The minimum Gasteiger partial charge on any atom is -0.495 e. The van der Waals surface area contributed by atoms with Crippen LogP contribution in [0.2, 0.25) is 5.02 Å². The Hall–Kier alpha value is -3.55. The lowest BCUT2D eigenvalue weighted by Gasteiger charge is -2.38. The Morgan fingerprint density at radius 3 is 2.59 bits per heavy atom. The van der Waals surface area contributed by atoms with Gasteiger partial charge in [-0.25, -0.2) is 0 Å².